The molecule has 2 aromatic heterocycles. The zero-order chi connectivity index (χ0) is 15.2. The highest BCUT2D eigenvalue weighted by molar-refractivity contribution is 7.13. The molecule has 5 nitrogen and oxygen atoms in total. The van der Waals surface area contributed by atoms with Gasteiger partial charge in [-0.25, -0.2) is 0 Å². The van der Waals surface area contributed by atoms with Crippen LogP contribution in [0.25, 0.3) is 10.6 Å². The largest absolute Gasteiger partial charge is 0.395 e. The van der Waals surface area contributed by atoms with E-state index < -0.39 is 0 Å². The van der Waals surface area contributed by atoms with Gasteiger partial charge in [-0.2, -0.15) is 0 Å². The molecule has 0 aliphatic heterocycles. The molecule has 114 valence electrons. The summed E-state index contributed by atoms with van der Waals surface area (Å²) in [6.07, 6.45) is 1.69. The molecular weight excluding hydrogens is 288 g/mol. The van der Waals surface area contributed by atoms with Crippen molar-refractivity contribution < 1.29 is 14.4 Å². The summed E-state index contributed by atoms with van der Waals surface area (Å²) in [4.78, 5) is 15.2. The molecule has 0 aliphatic rings. The molecule has 21 heavy (non-hydrogen) atoms. The van der Waals surface area contributed by atoms with Crippen molar-refractivity contribution in [2.24, 2.45) is 0 Å². The van der Waals surface area contributed by atoms with Crippen molar-refractivity contribution in [3.05, 3.63) is 29.3 Å². The van der Waals surface area contributed by atoms with Gasteiger partial charge in [-0.05, 0) is 24.3 Å². The Labute approximate surface area is 128 Å². The Kier molecular flexibility index (Phi) is 5.52. The van der Waals surface area contributed by atoms with E-state index in [2.05, 4.69) is 5.16 Å². The van der Waals surface area contributed by atoms with Crippen LogP contribution < -0.4 is 0 Å². The normalized spacial score (nSPS) is 11.0. The van der Waals surface area contributed by atoms with Gasteiger partial charge < -0.3 is 14.5 Å². The minimum Gasteiger partial charge on any atom is -0.395 e. The summed E-state index contributed by atoms with van der Waals surface area (Å²) in [5.74, 6) is 0.408. The van der Waals surface area contributed by atoms with E-state index >= 15 is 0 Å². The average Bonchev–Trinajstić information content (AvgIpc) is 3.17. The first-order chi connectivity index (χ1) is 10.2. The average molecular weight is 308 g/mol. The third-order valence-corrected chi connectivity index (χ3v) is 4.36. The van der Waals surface area contributed by atoms with Gasteiger partial charge in [0.1, 0.15) is 0 Å². The Morgan fingerprint density at radius 2 is 2.24 bits per heavy atom. The predicted octanol–water partition coefficient (Wildman–Crippen LogP) is 3.03. The van der Waals surface area contributed by atoms with Gasteiger partial charge in [-0.15, -0.1) is 11.3 Å². The van der Waals surface area contributed by atoms with Gasteiger partial charge in [0.25, 0.3) is 5.91 Å². The first kappa shape index (κ1) is 15.7. The van der Waals surface area contributed by atoms with Gasteiger partial charge in [-0.3, -0.25) is 4.79 Å². The summed E-state index contributed by atoms with van der Waals surface area (Å²) < 4.78 is 5.26. The molecule has 0 bridgehead atoms. The van der Waals surface area contributed by atoms with E-state index in [1.807, 2.05) is 31.4 Å². The second-order valence-corrected chi connectivity index (χ2v) is 5.69. The number of hydrogen-bond donors (Lipinski definition) is 1. The summed E-state index contributed by atoms with van der Waals surface area (Å²) in [6.45, 7) is 4.32. The lowest BCUT2D eigenvalue weighted by molar-refractivity contribution is 0.0612. The molecule has 0 aromatic carbocycles. The molecule has 0 spiro atoms. The van der Waals surface area contributed by atoms with Crippen LogP contribution in [0, 0.1) is 0 Å². The van der Waals surface area contributed by atoms with Gasteiger partial charge in [0.05, 0.1) is 11.5 Å². The van der Waals surface area contributed by atoms with Crippen molar-refractivity contribution in [3.8, 4) is 10.6 Å². The summed E-state index contributed by atoms with van der Waals surface area (Å²) >= 11 is 1.54. The molecule has 2 rings (SSSR count). The highest BCUT2D eigenvalue weighted by Gasteiger charge is 2.25. The summed E-state index contributed by atoms with van der Waals surface area (Å²) in [5.41, 5.74) is 0.291. The SMILES string of the molecule is CCC(CC)N(CCO)C(=O)c1cc(-c2cccs2)on1. The van der Waals surface area contributed by atoms with Crippen LogP contribution in [-0.2, 0) is 0 Å². The van der Waals surface area contributed by atoms with Gasteiger partial charge in [-0.1, -0.05) is 25.1 Å². The molecule has 0 saturated carbocycles. The lowest BCUT2D eigenvalue weighted by Gasteiger charge is -2.29. The Bertz CT molecular complexity index is 561. The fourth-order valence-corrected chi connectivity index (χ4v) is 3.02. The third kappa shape index (κ3) is 3.51. The molecule has 0 aliphatic carbocycles. The number of rotatable bonds is 7. The van der Waals surface area contributed by atoms with Gasteiger partial charge in [0, 0.05) is 18.7 Å². The zero-order valence-electron chi connectivity index (χ0n) is 12.3. The maximum Gasteiger partial charge on any atom is 0.276 e. The molecule has 0 saturated heterocycles. The number of hydrogen-bond acceptors (Lipinski definition) is 5. The first-order valence-corrected chi connectivity index (χ1v) is 8.01. The summed E-state index contributed by atoms with van der Waals surface area (Å²) in [6, 6.07) is 5.62. The molecule has 0 fully saturated rings. The highest BCUT2D eigenvalue weighted by atomic mass is 32.1. The van der Waals surface area contributed by atoms with Crippen molar-refractivity contribution in [2.45, 2.75) is 32.7 Å². The highest BCUT2D eigenvalue weighted by Crippen LogP contribution is 2.26. The molecule has 2 aromatic rings. The molecule has 0 unspecified atom stereocenters. The summed E-state index contributed by atoms with van der Waals surface area (Å²) in [5, 5.41) is 15.0. The lowest BCUT2D eigenvalue weighted by atomic mass is 10.1. The number of carbonyl (C=O) groups is 1. The lowest BCUT2D eigenvalue weighted by Crippen LogP contribution is -2.41. The van der Waals surface area contributed by atoms with Crippen molar-refractivity contribution in [3.63, 3.8) is 0 Å². The quantitative estimate of drug-likeness (QED) is 0.854. The first-order valence-electron chi connectivity index (χ1n) is 7.13. The van der Waals surface area contributed by atoms with E-state index in [1.165, 1.54) is 11.3 Å². The van der Waals surface area contributed by atoms with E-state index in [0.717, 1.165) is 17.7 Å². The van der Waals surface area contributed by atoms with Crippen LogP contribution in [0.2, 0.25) is 0 Å². The Morgan fingerprint density at radius 1 is 1.48 bits per heavy atom. The maximum absolute atomic E-state index is 12.6. The van der Waals surface area contributed by atoms with E-state index in [9.17, 15) is 9.90 Å². The zero-order valence-corrected chi connectivity index (χ0v) is 13.1. The number of carbonyl (C=O) groups excluding carboxylic acids is 1. The number of aliphatic hydroxyl groups is 1. The van der Waals surface area contributed by atoms with E-state index in [4.69, 9.17) is 4.52 Å². The number of nitrogens with zero attached hydrogens (tertiary/aromatic N) is 2. The smallest absolute Gasteiger partial charge is 0.276 e. The van der Waals surface area contributed by atoms with Crippen LogP contribution in [0.5, 0.6) is 0 Å². The van der Waals surface area contributed by atoms with Crippen molar-refractivity contribution in [2.75, 3.05) is 13.2 Å². The second kappa shape index (κ2) is 7.38. The van der Waals surface area contributed by atoms with Gasteiger partial charge >= 0.3 is 0 Å². The third-order valence-electron chi connectivity index (χ3n) is 3.48. The van der Waals surface area contributed by atoms with E-state index in [0.29, 0.717) is 18.0 Å². The molecular formula is C15H20N2O3S. The Morgan fingerprint density at radius 3 is 2.81 bits per heavy atom. The second-order valence-electron chi connectivity index (χ2n) is 4.75. The number of thiophene rings is 1. The van der Waals surface area contributed by atoms with Crippen LogP contribution >= 0.6 is 11.3 Å². The molecule has 1 amide bonds. The molecule has 0 atom stereocenters. The van der Waals surface area contributed by atoms with Crippen molar-refractivity contribution in [1.82, 2.24) is 10.1 Å². The maximum atomic E-state index is 12.6. The van der Waals surface area contributed by atoms with E-state index in [-0.39, 0.29) is 18.6 Å². The fraction of sp³-hybridized carbons (Fsp3) is 0.467. The monoisotopic (exact) mass is 308 g/mol. The Hall–Kier alpha value is -1.66. The predicted molar refractivity (Wildman–Crippen MR) is 82.3 cm³/mol. The van der Waals surface area contributed by atoms with Crippen molar-refractivity contribution in [1.29, 1.82) is 0 Å². The fourth-order valence-electron chi connectivity index (χ4n) is 2.35. The van der Waals surface area contributed by atoms with Crippen LogP contribution in [0.3, 0.4) is 0 Å². The van der Waals surface area contributed by atoms with Gasteiger partial charge in [0.2, 0.25) is 0 Å². The van der Waals surface area contributed by atoms with Crippen LogP contribution in [0.4, 0.5) is 0 Å². The molecule has 6 heteroatoms. The number of aliphatic hydroxyl groups excluding tert-OH is 1. The van der Waals surface area contributed by atoms with E-state index in [1.54, 1.807) is 11.0 Å². The minimum atomic E-state index is -0.190. The topological polar surface area (TPSA) is 66.6 Å². The molecule has 0 radical (unpaired) electrons. The van der Waals surface area contributed by atoms with Crippen molar-refractivity contribution >= 4 is 17.2 Å². The number of aromatic nitrogens is 1. The molecule has 2 heterocycles. The van der Waals surface area contributed by atoms with Crippen LogP contribution in [-0.4, -0.2) is 40.3 Å². The number of amides is 1. The Balaban J connectivity index is 2.20. The standard InChI is InChI=1S/C15H20N2O3S/c1-3-11(4-2)17(7-8-18)15(19)12-10-13(20-16-12)14-6-5-9-21-14/h5-6,9-11,18H,3-4,7-8H2,1-2H3. The van der Waals surface area contributed by atoms with Crippen LogP contribution in [0.15, 0.2) is 28.1 Å². The van der Waals surface area contributed by atoms with Gasteiger partial charge in [0.15, 0.2) is 11.5 Å². The minimum absolute atomic E-state index is 0.0577. The molecule has 1 N–H and O–H groups in total. The van der Waals surface area contributed by atoms with Crippen LogP contribution in [0.1, 0.15) is 37.2 Å². The summed E-state index contributed by atoms with van der Waals surface area (Å²) in [7, 11) is 0.